The number of rotatable bonds is 5. The maximum atomic E-state index is 11.0. The van der Waals surface area contributed by atoms with Crippen LogP contribution >= 0.6 is 0 Å². The number of carbonyl (C=O) groups is 1. The Hall–Kier alpha value is -0.850. The van der Waals surface area contributed by atoms with Gasteiger partial charge in [-0.05, 0) is 7.05 Å². The molecule has 6 heteroatoms. The first-order chi connectivity index (χ1) is 7.02. The lowest BCUT2D eigenvalue weighted by molar-refractivity contribution is 0.0521. The van der Waals surface area contributed by atoms with E-state index < -0.39 is 6.10 Å². The van der Waals surface area contributed by atoms with Crippen molar-refractivity contribution in [3.05, 3.63) is 0 Å². The quantitative estimate of drug-likeness (QED) is 0.601. The Morgan fingerprint density at radius 2 is 2.40 bits per heavy atom. The van der Waals surface area contributed by atoms with Crippen LogP contribution in [-0.4, -0.2) is 78.7 Å². The fraction of sp³-hybridized carbons (Fsp3) is 0.889. The predicted molar refractivity (Wildman–Crippen MR) is 53.5 cm³/mol. The number of ether oxygens (including phenoxy) is 1. The number of aliphatic hydroxyl groups excluding tert-OH is 2. The Morgan fingerprint density at radius 3 is 2.87 bits per heavy atom. The van der Waals surface area contributed by atoms with Gasteiger partial charge < -0.3 is 19.8 Å². The molecule has 1 saturated heterocycles. The van der Waals surface area contributed by atoms with Crippen LogP contribution in [0.4, 0.5) is 4.79 Å². The molecule has 0 radical (unpaired) electrons. The van der Waals surface area contributed by atoms with Gasteiger partial charge in [-0.3, -0.25) is 4.90 Å². The number of likely N-dealkylation sites (N-methyl/N-ethyl adjacent to an activating group) is 2. The molecule has 1 amide bonds. The molecule has 0 aliphatic carbocycles. The lowest BCUT2D eigenvalue weighted by atomic mass is 10.3. The molecule has 1 aliphatic heterocycles. The van der Waals surface area contributed by atoms with E-state index in [1.54, 1.807) is 7.05 Å². The zero-order valence-corrected chi connectivity index (χ0v) is 9.09. The van der Waals surface area contributed by atoms with Gasteiger partial charge in [0.15, 0.2) is 0 Å². The first kappa shape index (κ1) is 12.2. The summed E-state index contributed by atoms with van der Waals surface area (Å²) < 4.78 is 5.06. The SMILES string of the molecule is CN(CC(O)CO)CC1CN(C)C(=O)O1. The van der Waals surface area contributed by atoms with Crippen molar-refractivity contribution in [3.8, 4) is 0 Å². The summed E-state index contributed by atoms with van der Waals surface area (Å²) in [5.41, 5.74) is 0. The van der Waals surface area contributed by atoms with E-state index in [1.165, 1.54) is 4.90 Å². The summed E-state index contributed by atoms with van der Waals surface area (Å²) in [5, 5.41) is 17.9. The molecular weight excluding hydrogens is 200 g/mol. The standard InChI is InChI=1S/C9H18N2O4/c1-10(3-7(13)6-12)4-8-5-11(2)9(14)15-8/h7-8,12-13H,3-6H2,1-2H3. The van der Waals surface area contributed by atoms with Gasteiger partial charge in [0.05, 0.1) is 19.3 Å². The summed E-state index contributed by atoms with van der Waals surface area (Å²) in [5.74, 6) is 0. The van der Waals surface area contributed by atoms with Gasteiger partial charge in [-0.15, -0.1) is 0 Å². The minimum absolute atomic E-state index is 0.154. The number of carbonyl (C=O) groups excluding carboxylic acids is 1. The monoisotopic (exact) mass is 218 g/mol. The molecule has 0 bridgehead atoms. The topological polar surface area (TPSA) is 73.2 Å². The Kier molecular flexibility index (Phi) is 4.31. The van der Waals surface area contributed by atoms with Gasteiger partial charge in [-0.2, -0.15) is 0 Å². The largest absolute Gasteiger partial charge is 0.443 e. The van der Waals surface area contributed by atoms with Crippen LogP contribution in [0.25, 0.3) is 0 Å². The van der Waals surface area contributed by atoms with E-state index in [-0.39, 0.29) is 18.8 Å². The average Bonchev–Trinajstić information content (AvgIpc) is 2.45. The van der Waals surface area contributed by atoms with Crippen molar-refractivity contribution in [2.75, 3.05) is 40.3 Å². The zero-order chi connectivity index (χ0) is 11.4. The highest BCUT2D eigenvalue weighted by Crippen LogP contribution is 2.09. The number of nitrogens with zero attached hydrogens (tertiary/aromatic N) is 2. The Morgan fingerprint density at radius 1 is 1.73 bits per heavy atom. The summed E-state index contributed by atoms with van der Waals surface area (Å²) in [6.45, 7) is 1.24. The number of hydrogen-bond donors (Lipinski definition) is 2. The molecule has 2 unspecified atom stereocenters. The van der Waals surface area contributed by atoms with Crippen LogP contribution in [-0.2, 0) is 4.74 Å². The van der Waals surface area contributed by atoms with Crippen molar-refractivity contribution < 1.29 is 19.7 Å². The lowest BCUT2D eigenvalue weighted by Crippen LogP contribution is -2.37. The highest BCUT2D eigenvalue weighted by molar-refractivity contribution is 5.69. The first-order valence-corrected chi connectivity index (χ1v) is 4.92. The van der Waals surface area contributed by atoms with Crippen LogP contribution in [0.3, 0.4) is 0 Å². The van der Waals surface area contributed by atoms with Crippen molar-refractivity contribution in [2.45, 2.75) is 12.2 Å². The molecule has 1 heterocycles. The van der Waals surface area contributed by atoms with Crippen LogP contribution in [0.1, 0.15) is 0 Å². The smallest absolute Gasteiger partial charge is 0.410 e. The molecule has 0 spiro atoms. The van der Waals surface area contributed by atoms with Gasteiger partial charge in [0.1, 0.15) is 6.10 Å². The molecule has 0 saturated carbocycles. The average molecular weight is 218 g/mol. The second kappa shape index (κ2) is 5.29. The molecule has 6 nitrogen and oxygen atoms in total. The van der Waals surface area contributed by atoms with Gasteiger partial charge in [-0.25, -0.2) is 4.79 Å². The van der Waals surface area contributed by atoms with Crippen LogP contribution in [0.5, 0.6) is 0 Å². The third-order valence-corrected chi connectivity index (χ3v) is 2.31. The number of cyclic esters (lactones) is 1. The van der Waals surface area contributed by atoms with E-state index in [0.717, 1.165) is 0 Å². The molecule has 0 aromatic heterocycles. The molecule has 1 fully saturated rings. The van der Waals surface area contributed by atoms with Gasteiger partial charge in [0.2, 0.25) is 0 Å². The Bertz CT molecular complexity index is 224. The van der Waals surface area contributed by atoms with E-state index in [9.17, 15) is 9.90 Å². The third kappa shape index (κ3) is 3.65. The number of aliphatic hydroxyl groups is 2. The normalized spacial score (nSPS) is 23.4. The third-order valence-electron chi connectivity index (χ3n) is 2.31. The Balaban J connectivity index is 2.27. The van der Waals surface area contributed by atoms with Gasteiger partial charge >= 0.3 is 6.09 Å². The lowest BCUT2D eigenvalue weighted by Gasteiger charge is -2.21. The van der Waals surface area contributed by atoms with E-state index in [1.807, 2.05) is 11.9 Å². The fourth-order valence-electron chi connectivity index (χ4n) is 1.58. The predicted octanol–water partition coefficient (Wildman–Crippen LogP) is -1.28. The van der Waals surface area contributed by atoms with Gasteiger partial charge in [0.25, 0.3) is 0 Å². The van der Waals surface area contributed by atoms with Crippen molar-refractivity contribution >= 4 is 6.09 Å². The first-order valence-electron chi connectivity index (χ1n) is 4.92. The van der Waals surface area contributed by atoms with E-state index in [0.29, 0.717) is 19.6 Å². The summed E-state index contributed by atoms with van der Waals surface area (Å²) in [7, 11) is 3.50. The molecule has 1 rings (SSSR count). The molecule has 15 heavy (non-hydrogen) atoms. The van der Waals surface area contributed by atoms with Gasteiger partial charge in [-0.1, -0.05) is 0 Å². The highest BCUT2D eigenvalue weighted by Gasteiger charge is 2.29. The number of hydrogen-bond acceptors (Lipinski definition) is 5. The molecule has 88 valence electrons. The summed E-state index contributed by atoms with van der Waals surface area (Å²) in [6, 6.07) is 0. The molecule has 2 N–H and O–H groups in total. The highest BCUT2D eigenvalue weighted by atomic mass is 16.6. The molecular formula is C9H18N2O4. The van der Waals surface area contributed by atoms with Crippen LogP contribution in [0.2, 0.25) is 0 Å². The second-order valence-electron chi connectivity index (χ2n) is 3.94. The second-order valence-corrected chi connectivity index (χ2v) is 3.94. The van der Waals surface area contributed by atoms with Crippen LogP contribution < -0.4 is 0 Å². The van der Waals surface area contributed by atoms with E-state index >= 15 is 0 Å². The van der Waals surface area contributed by atoms with Crippen molar-refractivity contribution in [2.24, 2.45) is 0 Å². The minimum atomic E-state index is -0.746. The van der Waals surface area contributed by atoms with E-state index in [4.69, 9.17) is 9.84 Å². The zero-order valence-electron chi connectivity index (χ0n) is 9.09. The molecule has 0 aromatic rings. The van der Waals surface area contributed by atoms with Crippen molar-refractivity contribution in [1.29, 1.82) is 0 Å². The number of amides is 1. The maximum Gasteiger partial charge on any atom is 0.410 e. The van der Waals surface area contributed by atoms with Crippen molar-refractivity contribution in [1.82, 2.24) is 9.80 Å². The van der Waals surface area contributed by atoms with Crippen LogP contribution in [0.15, 0.2) is 0 Å². The van der Waals surface area contributed by atoms with Crippen LogP contribution in [0, 0.1) is 0 Å². The molecule has 2 atom stereocenters. The Labute approximate surface area is 89.0 Å². The molecule has 0 aromatic carbocycles. The fourth-order valence-corrected chi connectivity index (χ4v) is 1.58. The summed E-state index contributed by atoms with van der Waals surface area (Å²) in [6.07, 6.45) is -1.21. The molecule has 1 aliphatic rings. The van der Waals surface area contributed by atoms with Gasteiger partial charge in [0, 0.05) is 20.1 Å². The summed E-state index contributed by atoms with van der Waals surface area (Å²) >= 11 is 0. The van der Waals surface area contributed by atoms with Crippen molar-refractivity contribution in [3.63, 3.8) is 0 Å². The maximum absolute atomic E-state index is 11.0. The summed E-state index contributed by atoms with van der Waals surface area (Å²) in [4.78, 5) is 14.4. The van der Waals surface area contributed by atoms with E-state index in [2.05, 4.69) is 0 Å². The minimum Gasteiger partial charge on any atom is -0.443 e.